The van der Waals surface area contributed by atoms with Crippen LogP contribution in [0, 0.1) is 5.92 Å². The Morgan fingerprint density at radius 2 is 1.55 bits per heavy atom. The number of alkyl halides is 1. The maximum atomic E-state index is 11.8. The summed E-state index contributed by atoms with van der Waals surface area (Å²) in [6.45, 7) is 4.28. The van der Waals surface area contributed by atoms with Gasteiger partial charge in [-0.2, -0.15) is 0 Å². The number of rotatable bonds is 7. The Hall–Kier alpha value is -0.0700. The molecule has 0 bridgehead atoms. The van der Waals surface area contributed by atoms with Crippen molar-refractivity contribution in [3.05, 3.63) is 0 Å². The van der Waals surface area contributed by atoms with Gasteiger partial charge in [0, 0.05) is 0 Å². The summed E-state index contributed by atoms with van der Waals surface area (Å²) in [6, 6.07) is 0. The minimum Gasteiger partial charge on any atom is -0.251 e. The SMILES string of the molecule is CCCC(CCC)CCCF. The van der Waals surface area contributed by atoms with Gasteiger partial charge >= 0.3 is 0 Å². The largest absolute Gasteiger partial charge is 0.251 e. The summed E-state index contributed by atoms with van der Waals surface area (Å²) >= 11 is 0. The highest BCUT2D eigenvalue weighted by molar-refractivity contribution is 4.57. The molecule has 0 spiro atoms. The van der Waals surface area contributed by atoms with Crippen LogP contribution in [0.4, 0.5) is 4.39 Å². The van der Waals surface area contributed by atoms with Crippen LogP contribution in [0.2, 0.25) is 0 Å². The van der Waals surface area contributed by atoms with Gasteiger partial charge in [0.25, 0.3) is 0 Å². The van der Waals surface area contributed by atoms with E-state index >= 15 is 0 Å². The molecule has 0 N–H and O–H groups in total. The quantitative estimate of drug-likeness (QED) is 0.529. The lowest BCUT2D eigenvalue weighted by molar-refractivity contribution is 0.364. The van der Waals surface area contributed by atoms with Crippen molar-refractivity contribution in [3.63, 3.8) is 0 Å². The summed E-state index contributed by atoms with van der Waals surface area (Å²) in [5.74, 6) is 0.792. The molecule has 0 aliphatic rings. The van der Waals surface area contributed by atoms with Crippen LogP contribution < -0.4 is 0 Å². The number of hydrogen-bond donors (Lipinski definition) is 0. The van der Waals surface area contributed by atoms with Gasteiger partial charge in [0.2, 0.25) is 0 Å². The van der Waals surface area contributed by atoms with Gasteiger partial charge in [-0.05, 0) is 18.8 Å². The van der Waals surface area contributed by atoms with Gasteiger partial charge in [-0.3, -0.25) is 4.39 Å². The molecular weight excluding hydrogens is 139 g/mol. The molecule has 0 fully saturated rings. The first-order valence-corrected chi connectivity index (χ1v) is 4.91. The Labute approximate surface area is 70.2 Å². The van der Waals surface area contributed by atoms with Gasteiger partial charge in [0.15, 0.2) is 0 Å². The maximum Gasteiger partial charge on any atom is 0.0894 e. The van der Waals surface area contributed by atoms with Gasteiger partial charge < -0.3 is 0 Å². The molecular formula is C10H21F. The van der Waals surface area contributed by atoms with E-state index in [1.165, 1.54) is 25.7 Å². The minimum absolute atomic E-state index is 0.135. The van der Waals surface area contributed by atoms with E-state index in [0.717, 1.165) is 18.8 Å². The Morgan fingerprint density at radius 1 is 1.00 bits per heavy atom. The highest BCUT2D eigenvalue weighted by Gasteiger charge is 2.05. The van der Waals surface area contributed by atoms with E-state index in [1.807, 2.05) is 0 Å². The lowest BCUT2D eigenvalue weighted by atomic mass is 9.94. The summed E-state index contributed by atoms with van der Waals surface area (Å²) in [5.41, 5.74) is 0. The highest BCUT2D eigenvalue weighted by Crippen LogP contribution is 2.18. The Kier molecular flexibility index (Phi) is 7.98. The zero-order valence-electron chi connectivity index (χ0n) is 7.91. The first kappa shape index (κ1) is 10.9. The van der Waals surface area contributed by atoms with Crippen LogP contribution in [0.1, 0.15) is 52.4 Å². The topological polar surface area (TPSA) is 0 Å². The third-order valence-electron chi connectivity index (χ3n) is 2.14. The van der Waals surface area contributed by atoms with Gasteiger partial charge in [-0.25, -0.2) is 0 Å². The van der Waals surface area contributed by atoms with Crippen molar-refractivity contribution in [3.8, 4) is 0 Å². The lowest BCUT2D eigenvalue weighted by Crippen LogP contribution is -1.99. The number of hydrogen-bond acceptors (Lipinski definition) is 0. The minimum atomic E-state index is -0.135. The third kappa shape index (κ3) is 6.33. The van der Waals surface area contributed by atoms with E-state index in [0.29, 0.717) is 0 Å². The van der Waals surface area contributed by atoms with Crippen molar-refractivity contribution in [1.82, 2.24) is 0 Å². The molecule has 0 aromatic rings. The second kappa shape index (κ2) is 8.03. The Bertz CT molecular complexity index is 65.3. The van der Waals surface area contributed by atoms with Gasteiger partial charge in [-0.15, -0.1) is 0 Å². The molecule has 0 radical (unpaired) electrons. The molecule has 0 saturated carbocycles. The molecule has 68 valence electrons. The van der Waals surface area contributed by atoms with E-state index in [-0.39, 0.29) is 6.67 Å². The van der Waals surface area contributed by atoms with Gasteiger partial charge in [-0.1, -0.05) is 39.5 Å². The fourth-order valence-electron chi connectivity index (χ4n) is 1.62. The van der Waals surface area contributed by atoms with Crippen molar-refractivity contribution in [2.75, 3.05) is 6.67 Å². The lowest BCUT2D eigenvalue weighted by Gasteiger charge is -2.13. The molecule has 0 saturated heterocycles. The van der Waals surface area contributed by atoms with Gasteiger partial charge in [0.05, 0.1) is 6.67 Å². The van der Waals surface area contributed by atoms with Crippen LogP contribution in [0.3, 0.4) is 0 Å². The Morgan fingerprint density at radius 3 is 1.91 bits per heavy atom. The predicted octanol–water partition coefficient (Wildman–Crippen LogP) is 3.95. The van der Waals surface area contributed by atoms with Crippen molar-refractivity contribution in [2.24, 2.45) is 5.92 Å². The Balaban J connectivity index is 3.34. The average Bonchev–Trinajstić information content (AvgIpc) is 2.01. The maximum absolute atomic E-state index is 11.8. The summed E-state index contributed by atoms with van der Waals surface area (Å²) in [7, 11) is 0. The molecule has 0 nitrogen and oxygen atoms in total. The summed E-state index contributed by atoms with van der Waals surface area (Å²) in [6.07, 6.45) is 6.93. The van der Waals surface area contributed by atoms with Crippen molar-refractivity contribution in [1.29, 1.82) is 0 Å². The summed E-state index contributed by atoms with van der Waals surface area (Å²) in [4.78, 5) is 0. The van der Waals surface area contributed by atoms with Crippen LogP contribution in [0.15, 0.2) is 0 Å². The molecule has 0 aromatic carbocycles. The normalized spacial score (nSPS) is 10.9. The monoisotopic (exact) mass is 160 g/mol. The molecule has 0 aliphatic carbocycles. The van der Waals surface area contributed by atoms with Gasteiger partial charge in [0.1, 0.15) is 0 Å². The van der Waals surface area contributed by atoms with E-state index in [2.05, 4.69) is 13.8 Å². The van der Waals surface area contributed by atoms with Crippen molar-refractivity contribution < 1.29 is 4.39 Å². The zero-order chi connectivity index (χ0) is 8.53. The zero-order valence-corrected chi connectivity index (χ0v) is 7.91. The predicted molar refractivity (Wildman–Crippen MR) is 48.5 cm³/mol. The molecule has 0 rings (SSSR count). The van der Waals surface area contributed by atoms with Crippen LogP contribution in [-0.2, 0) is 0 Å². The van der Waals surface area contributed by atoms with Crippen molar-refractivity contribution >= 4 is 0 Å². The van der Waals surface area contributed by atoms with E-state index in [9.17, 15) is 4.39 Å². The smallest absolute Gasteiger partial charge is 0.0894 e. The molecule has 11 heavy (non-hydrogen) atoms. The van der Waals surface area contributed by atoms with E-state index in [1.54, 1.807) is 0 Å². The summed E-state index contributed by atoms with van der Waals surface area (Å²) in [5, 5.41) is 0. The highest BCUT2D eigenvalue weighted by atomic mass is 19.1. The van der Waals surface area contributed by atoms with Crippen LogP contribution >= 0.6 is 0 Å². The third-order valence-corrected chi connectivity index (χ3v) is 2.14. The average molecular weight is 160 g/mol. The molecule has 0 atom stereocenters. The van der Waals surface area contributed by atoms with E-state index < -0.39 is 0 Å². The summed E-state index contributed by atoms with van der Waals surface area (Å²) < 4.78 is 11.8. The van der Waals surface area contributed by atoms with Crippen molar-refractivity contribution in [2.45, 2.75) is 52.4 Å². The molecule has 1 heteroatoms. The fourth-order valence-corrected chi connectivity index (χ4v) is 1.62. The number of halogens is 1. The standard InChI is InChI=1S/C10H21F/c1-3-6-10(7-4-2)8-5-9-11/h10H,3-9H2,1-2H3. The molecule has 0 amide bonds. The van der Waals surface area contributed by atoms with Crippen LogP contribution in [0.25, 0.3) is 0 Å². The molecule has 0 heterocycles. The molecule has 0 unspecified atom stereocenters. The first-order valence-electron chi connectivity index (χ1n) is 4.91. The van der Waals surface area contributed by atoms with E-state index in [4.69, 9.17) is 0 Å². The second-order valence-corrected chi connectivity index (χ2v) is 3.27. The molecule has 0 aliphatic heterocycles. The molecule has 0 aromatic heterocycles. The fraction of sp³-hybridized carbons (Fsp3) is 1.00. The van der Waals surface area contributed by atoms with Crippen LogP contribution in [0.5, 0.6) is 0 Å². The second-order valence-electron chi connectivity index (χ2n) is 3.27. The first-order chi connectivity index (χ1) is 5.35. The van der Waals surface area contributed by atoms with Crippen LogP contribution in [-0.4, -0.2) is 6.67 Å².